The molecule has 5 rings (SSSR count). The summed E-state index contributed by atoms with van der Waals surface area (Å²) in [7, 11) is 5.21. The first-order valence-electron chi connectivity index (χ1n) is 17.5. The molecule has 0 heterocycles. The molecule has 6 nitrogen and oxygen atoms in total. The van der Waals surface area contributed by atoms with Crippen LogP contribution in [-0.2, 0) is 17.9 Å². The third kappa shape index (κ3) is 9.76. The SMILES string of the molecule is CNC(c1ccc(COC(=O)NCc2ccc(C(CC(C)c3ccccc3)CC(C)c3ccccc3)cc2)cc1)c1ccc(OC)cc1OC. The van der Waals surface area contributed by atoms with Crippen molar-refractivity contribution in [2.75, 3.05) is 21.3 Å². The normalized spacial score (nSPS) is 13.5. The highest BCUT2D eigenvalue weighted by molar-refractivity contribution is 5.67. The zero-order chi connectivity index (χ0) is 35.3. The van der Waals surface area contributed by atoms with E-state index in [0.717, 1.165) is 46.6 Å². The maximum atomic E-state index is 12.6. The minimum absolute atomic E-state index is 0.0738. The van der Waals surface area contributed by atoms with Crippen LogP contribution in [0, 0.1) is 0 Å². The number of nitrogens with one attached hydrogen (secondary N) is 2. The number of benzene rings is 5. The molecule has 0 aliphatic heterocycles. The fourth-order valence-corrected chi connectivity index (χ4v) is 6.70. The highest BCUT2D eigenvalue weighted by atomic mass is 16.5. The largest absolute Gasteiger partial charge is 0.497 e. The van der Waals surface area contributed by atoms with Crippen LogP contribution < -0.4 is 20.1 Å². The number of hydrogen-bond acceptors (Lipinski definition) is 5. The van der Waals surface area contributed by atoms with Crippen LogP contribution in [0.2, 0.25) is 0 Å². The number of hydrogen-bond donors (Lipinski definition) is 2. The Balaban J connectivity index is 1.16. The van der Waals surface area contributed by atoms with E-state index < -0.39 is 6.09 Å². The topological polar surface area (TPSA) is 68.8 Å². The minimum atomic E-state index is -0.444. The molecule has 5 aromatic carbocycles. The summed E-state index contributed by atoms with van der Waals surface area (Å²) in [5.74, 6) is 2.78. The van der Waals surface area contributed by atoms with Gasteiger partial charge in [0.2, 0.25) is 0 Å². The second-order valence-corrected chi connectivity index (χ2v) is 13.0. The summed E-state index contributed by atoms with van der Waals surface area (Å²) < 4.78 is 16.5. The fourth-order valence-electron chi connectivity index (χ4n) is 6.70. The lowest BCUT2D eigenvalue weighted by Gasteiger charge is -2.25. The lowest BCUT2D eigenvalue weighted by atomic mass is 9.79. The number of alkyl carbamates (subject to hydrolysis) is 1. The van der Waals surface area contributed by atoms with Gasteiger partial charge in [0.05, 0.1) is 20.3 Å². The molecule has 260 valence electrons. The summed E-state index contributed by atoms with van der Waals surface area (Å²) in [6, 6.07) is 44.0. The zero-order valence-corrected chi connectivity index (χ0v) is 29.9. The Morgan fingerprint density at radius 1 is 0.640 bits per heavy atom. The molecule has 1 amide bonds. The number of rotatable bonds is 16. The van der Waals surface area contributed by atoms with Crippen molar-refractivity contribution in [2.45, 2.75) is 63.6 Å². The summed E-state index contributed by atoms with van der Waals surface area (Å²) >= 11 is 0. The lowest BCUT2D eigenvalue weighted by Crippen LogP contribution is -2.23. The van der Waals surface area contributed by atoms with Crippen LogP contribution in [0.4, 0.5) is 4.79 Å². The zero-order valence-electron chi connectivity index (χ0n) is 29.9. The van der Waals surface area contributed by atoms with Gasteiger partial charge in [0.15, 0.2) is 0 Å². The van der Waals surface area contributed by atoms with Crippen LogP contribution in [-0.4, -0.2) is 27.4 Å². The summed E-state index contributed by atoms with van der Waals surface area (Å²) in [6.07, 6.45) is 1.69. The maximum Gasteiger partial charge on any atom is 0.407 e. The van der Waals surface area contributed by atoms with Gasteiger partial charge in [0.25, 0.3) is 0 Å². The molecule has 2 N–H and O–H groups in total. The summed E-state index contributed by atoms with van der Waals surface area (Å²) in [6.45, 7) is 5.23. The van der Waals surface area contributed by atoms with Crippen molar-refractivity contribution >= 4 is 6.09 Å². The van der Waals surface area contributed by atoms with Crippen molar-refractivity contribution in [1.82, 2.24) is 10.6 Å². The van der Waals surface area contributed by atoms with Crippen LogP contribution in [0.25, 0.3) is 0 Å². The fraction of sp³-hybridized carbons (Fsp3) is 0.295. The van der Waals surface area contributed by atoms with Gasteiger partial charge in [-0.05, 0) is 83.2 Å². The van der Waals surface area contributed by atoms with Crippen LogP contribution in [0.15, 0.2) is 127 Å². The van der Waals surface area contributed by atoms with Crippen LogP contribution in [0.5, 0.6) is 11.5 Å². The number of amides is 1. The Bertz CT molecular complexity index is 1710. The van der Waals surface area contributed by atoms with Gasteiger partial charge in [-0.1, -0.05) is 123 Å². The van der Waals surface area contributed by atoms with E-state index in [0.29, 0.717) is 24.3 Å². The van der Waals surface area contributed by atoms with Gasteiger partial charge in [0.1, 0.15) is 18.1 Å². The molecule has 0 radical (unpaired) electrons. The summed E-state index contributed by atoms with van der Waals surface area (Å²) in [5, 5.41) is 6.28. The Labute approximate surface area is 297 Å². The number of methoxy groups -OCH3 is 2. The second kappa shape index (κ2) is 18.1. The van der Waals surface area contributed by atoms with Gasteiger partial charge in [0, 0.05) is 18.2 Å². The van der Waals surface area contributed by atoms with Gasteiger partial charge in [-0.2, -0.15) is 0 Å². The molecule has 3 atom stereocenters. The first-order valence-corrected chi connectivity index (χ1v) is 17.5. The molecular weight excluding hydrogens is 620 g/mol. The minimum Gasteiger partial charge on any atom is -0.497 e. The third-order valence-corrected chi connectivity index (χ3v) is 9.62. The van der Waals surface area contributed by atoms with Gasteiger partial charge in [-0.15, -0.1) is 0 Å². The van der Waals surface area contributed by atoms with Gasteiger partial charge in [-0.25, -0.2) is 4.79 Å². The highest BCUT2D eigenvalue weighted by Gasteiger charge is 2.21. The van der Waals surface area contributed by atoms with Crippen LogP contribution in [0.1, 0.15) is 89.4 Å². The molecular formula is C44H50N2O4. The molecule has 0 aromatic heterocycles. The Morgan fingerprint density at radius 2 is 1.20 bits per heavy atom. The first kappa shape index (κ1) is 36.2. The van der Waals surface area contributed by atoms with E-state index in [9.17, 15) is 4.79 Å². The molecule has 50 heavy (non-hydrogen) atoms. The Hall–Kier alpha value is -5.07. The molecule has 0 aliphatic rings. The van der Waals surface area contributed by atoms with Gasteiger partial charge < -0.3 is 24.8 Å². The lowest BCUT2D eigenvalue weighted by molar-refractivity contribution is 0.139. The van der Waals surface area contributed by atoms with Crippen molar-refractivity contribution < 1.29 is 19.0 Å². The standard InChI is InChI=1S/C44H50N2O4/c1-31(35-12-8-6-9-13-35)26-39(27-32(2)36-14-10-7-11-15-36)37-20-16-33(17-21-37)29-46-44(47)50-30-34-18-22-38(23-19-34)43(45-3)41-25-24-40(48-4)28-42(41)49-5/h6-25,28,31-32,39,43,45H,26-27,29-30H2,1-5H3,(H,46,47). The second-order valence-electron chi connectivity index (χ2n) is 13.0. The van der Waals surface area contributed by atoms with Gasteiger partial charge >= 0.3 is 6.09 Å². The molecule has 0 spiro atoms. The molecule has 0 saturated heterocycles. The van der Waals surface area contributed by atoms with Crippen molar-refractivity contribution in [3.05, 3.63) is 166 Å². The molecule has 0 aliphatic carbocycles. The van der Waals surface area contributed by atoms with E-state index in [2.05, 4.69) is 109 Å². The quantitative estimate of drug-likeness (QED) is 0.109. The molecule has 0 saturated carbocycles. The molecule has 0 bridgehead atoms. The van der Waals surface area contributed by atoms with E-state index in [1.54, 1.807) is 14.2 Å². The number of ether oxygens (including phenoxy) is 3. The highest BCUT2D eigenvalue weighted by Crippen LogP contribution is 2.37. The average molecular weight is 671 g/mol. The third-order valence-electron chi connectivity index (χ3n) is 9.62. The van der Waals surface area contributed by atoms with E-state index in [4.69, 9.17) is 14.2 Å². The van der Waals surface area contributed by atoms with Crippen molar-refractivity contribution in [3.63, 3.8) is 0 Å². The number of carbonyl (C=O) groups is 1. The van der Waals surface area contributed by atoms with Crippen molar-refractivity contribution in [2.24, 2.45) is 0 Å². The predicted octanol–water partition coefficient (Wildman–Crippen LogP) is 9.91. The Kier molecular flexibility index (Phi) is 13.1. The smallest absolute Gasteiger partial charge is 0.407 e. The molecule has 6 heteroatoms. The van der Waals surface area contributed by atoms with E-state index >= 15 is 0 Å². The van der Waals surface area contributed by atoms with E-state index in [-0.39, 0.29) is 12.6 Å². The number of carbonyl (C=O) groups excluding carboxylic acids is 1. The first-order chi connectivity index (χ1) is 24.4. The predicted molar refractivity (Wildman–Crippen MR) is 202 cm³/mol. The van der Waals surface area contributed by atoms with Crippen molar-refractivity contribution in [1.29, 1.82) is 0 Å². The van der Waals surface area contributed by atoms with E-state index in [1.807, 2.05) is 49.5 Å². The summed E-state index contributed by atoms with van der Waals surface area (Å²) in [5.41, 5.74) is 8.09. The van der Waals surface area contributed by atoms with Crippen LogP contribution >= 0.6 is 0 Å². The molecule has 5 aromatic rings. The Morgan fingerprint density at radius 3 is 1.74 bits per heavy atom. The molecule has 3 unspecified atom stereocenters. The van der Waals surface area contributed by atoms with Gasteiger partial charge in [-0.3, -0.25) is 0 Å². The van der Waals surface area contributed by atoms with Crippen molar-refractivity contribution in [3.8, 4) is 11.5 Å². The summed E-state index contributed by atoms with van der Waals surface area (Å²) in [4.78, 5) is 12.6. The van der Waals surface area contributed by atoms with Crippen LogP contribution in [0.3, 0.4) is 0 Å². The molecule has 0 fully saturated rings. The maximum absolute atomic E-state index is 12.6. The average Bonchev–Trinajstić information content (AvgIpc) is 3.17. The monoisotopic (exact) mass is 670 g/mol. The van der Waals surface area contributed by atoms with E-state index in [1.165, 1.54) is 16.7 Å².